The molecule has 0 aromatic heterocycles. The van der Waals surface area contributed by atoms with Gasteiger partial charge in [0.05, 0.1) is 6.54 Å². The first-order valence-corrected chi connectivity index (χ1v) is 6.71. The molecule has 0 spiro atoms. The Morgan fingerprint density at radius 1 is 1.47 bits per heavy atom. The van der Waals surface area contributed by atoms with Gasteiger partial charge < -0.3 is 10.2 Å². The Morgan fingerprint density at radius 2 is 2.18 bits per heavy atom. The Bertz CT molecular complexity index is 292. The molecular formula is C13H25N3O. The van der Waals surface area contributed by atoms with E-state index in [-0.39, 0.29) is 5.91 Å². The number of nitrogens with zero attached hydrogens (tertiary/aromatic N) is 2. The van der Waals surface area contributed by atoms with E-state index in [1.807, 2.05) is 11.9 Å². The van der Waals surface area contributed by atoms with E-state index in [1.54, 1.807) is 0 Å². The fourth-order valence-corrected chi connectivity index (χ4v) is 3.04. The standard InChI is InChI=1S/C13H25N3O/c1-9(2)15(4)13(17)8-16-7-11-5-14-6-12(11)10(16)3/h9-12,14H,5-8H2,1-4H3. The highest BCUT2D eigenvalue weighted by Crippen LogP contribution is 2.31. The lowest BCUT2D eigenvalue weighted by molar-refractivity contribution is -0.132. The van der Waals surface area contributed by atoms with Gasteiger partial charge >= 0.3 is 0 Å². The van der Waals surface area contributed by atoms with Gasteiger partial charge in [-0.15, -0.1) is 0 Å². The number of nitrogens with one attached hydrogen (secondary N) is 1. The average Bonchev–Trinajstić information content (AvgIpc) is 2.82. The van der Waals surface area contributed by atoms with Crippen LogP contribution < -0.4 is 5.32 Å². The normalized spacial score (nSPS) is 33.1. The SMILES string of the molecule is CC1C2CNCC2CN1CC(=O)N(C)C(C)C. The molecule has 0 radical (unpaired) electrons. The molecule has 3 atom stereocenters. The number of amides is 1. The molecule has 2 saturated heterocycles. The van der Waals surface area contributed by atoms with Gasteiger partial charge in [0.25, 0.3) is 0 Å². The van der Waals surface area contributed by atoms with Crippen LogP contribution in [0.25, 0.3) is 0 Å². The highest BCUT2D eigenvalue weighted by atomic mass is 16.2. The van der Waals surface area contributed by atoms with Crippen LogP contribution in [0.1, 0.15) is 20.8 Å². The van der Waals surface area contributed by atoms with E-state index >= 15 is 0 Å². The smallest absolute Gasteiger partial charge is 0.236 e. The van der Waals surface area contributed by atoms with Crippen LogP contribution >= 0.6 is 0 Å². The minimum absolute atomic E-state index is 0.250. The zero-order valence-corrected chi connectivity index (χ0v) is 11.4. The number of carbonyl (C=O) groups excluding carboxylic acids is 1. The monoisotopic (exact) mass is 239 g/mol. The maximum atomic E-state index is 12.1. The molecule has 0 aromatic carbocycles. The Morgan fingerprint density at radius 3 is 2.76 bits per heavy atom. The predicted molar refractivity (Wildman–Crippen MR) is 68.8 cm³/mol. The fraction of sp³-hybridized carbons (Fsp3) is 0.923. The molecule has 1 amide bonds. The van der Waals surface area contributed by atoms with Crippen molar-refractivity contribution < 1.29 is 4.79 Å². The maximum Gasteiger partial charge on any atom is 0.236 e. The molecule has 2 heterocycles. The fourth-order valence-electron chi connectivity index (χ4n) is 3.04. The van der Waals surface area contributed by atoms with E-state index in [1.165, 1.54) is 0 Å². The molecule has 98 valence electrons. The van der Waals surface area contributed by atoms with E-state index in [9.17, 15) is 4.79 Å². The molecule has 4 heteroatoms. The Hall–Kier alpha value is -0.610. The number of rotatable bonds is 3. The summed E-state index contributed by atoms with van der Waals surface area (Å²) >= 11 is 0. The van der Waals surface area contributed by atoms with Crippen LogP contribution in [0, 0.1) is 11.8 Å². The van der Waals surface area contributed by atoms with Gasteiger partial charge in [-0.05, 0) is 45.7 Å². The highest BCUT2D eigenvalue weighted by Gasteiger charge is 2.42. The van der Waals surface area contributed by atoms with Crippen molar-refractivity contribution in [3.8, 4) is 0 Å². The molecular weight excluding hydrogens is 214 g/mol. The van der Waals surface area contributed by atoms with Crippen LogP contribution in [0.15, 0.2) is 0 Å². The minimum Gasteiger partial charge on any atom is -0.342 e. The summed E-state index contributed by atoms with van der Waals surface area (Å²) in [5.41, 5.74) is 0. The Labute approximate surface area is 104 Å². The zero-order chi connectivity index (χ0) is 12.6. The van der Waals surface area contributed by atoms with Crippen LogP contribution in [-0.4, -0.2) is 61.0 Å². The van der Waals surface area contributed by atoms with E-state index in [0.29, 0.717) is 18.6 Å². The molecule has 0 aliphatic carbocycles. The molecule has 2 rings (SSSR count). The molecule has 2 aliphatic rings. The van der Waals surface area contributed by atoms with Gasteiger partial charge in [-0.3, -0.25) is 9.69 Å². The largest absolute Gasteiger partial charge is 0.342 e. The third kappa shape index (κ3) is 2.47. The number of hydrogen-bond acceptors (Lipinski definition) is 3. The van der Waals surface area contributed by atoms with Gasteiger partial charge in [0.15, 0.2) is 0 Å². The van der Waals surface area contributed by atoms with Crippen molar-refractivity contribution in [1.82, 2.24) is 15.1 Å². The number of fused-ring (bicyclic) bond motifs is 1. The van der Waals surface area contributed by atoms with Crippen LogP contribution in [0.2, 0.25) is 0 Å². The molecule has 4 nitrogen and oxygen atoms in total. The van der Waals surface area contributed by atoms with E-state index in [2.05, 4.69) is 31.0 Å². The quantitative estimate of drug-likeness (QED) is 0.774. The van der Waals surface area contributed by atoms with Gasteiger partial charge in [0, 0.05) is 25.7 Å². The summed E-state index contributed by atoms with van der Waals surface area (Å²) in [6, 6.07) is 0.834. The first-order valence-electron chi connectivity index (χ1n) is 6.71. The second-order valence-electron chi connectivity index (χ2n) is 5.85. The zero-order valence-electron chi connectivity index (χ0n) is 11.4. The van der Waals surface area contributed by atoms with Gasteiger partial charge in [-0.2, -0.15) is 0 Å². The number of likely N-dealkylation sites (N-methyl/N-ethyl adjacent to an activating group) is 1. The van der Waals surface area contributed by atoms with Crippen molar-refractivity contribution in [1.29, 1.82) is 0 Å². The number of carbonyl (C=O) groups is 1. The van der Waals surface area contributed by atoms with Crippen molar-refractivity contribution >= 4 is 5.91 Å². The van der Waals surface area contributed by atoms with E-state index < -0.39 is 0 Å². The van der Waals surface area contributed by atoms with Crippen LogP contribution in [0.3, 0.4) is 0 Å². The topological polar surface area (TPSA) is 35.6 Å². The molecule has 2 fully saturated rings. The van der Waals surface area contributed by atoms with Gasteiger partial charge in [-0.25, -0.2) is 0 Å². The van der Waals surface area contributed by atoms with Crippen molar-refractivity contribution in [3.05, 3.63) is 0 Å². The lowest BCUT2D eigenvalue weighted by Crippen LogP contribution is -2.44. The molecule has 3 unspecified atom stereocenters. The summed E-state index contributed by atoms with van der Waals surface area (Å²) < 4.78 is 0. The number of likely N-dealkylation sites (tertiary alicyclic amines) is 1. The van der Waals surface area contributed by atoms with Crippen LogP contribution in [0.5, 0.6) is 0 Å². The summed E-state index contributed by atoms with van der Waals surface area (Å²) in [4.78, 5) is 16.3. The van der Waals surface area contributed by atoms with Gasteiger partial charge in [0.2, 0.25) is 5.91 Å². The molecule has 0 aromatic rings. The van der Waals surface area contributed by atoms with Crippen molar-refractivity contribution in [2.75, 3.05) is 33.2 Å². The first kappa shape index (κ1) is 12.8. The molecule has 1 N–H and O–H groups in total. The lowest BCUT2D eigenvalue weighted by atomic mass is 9.95. The van der Waals surface area contributed by atoms with Crippen LogP contribution in [0.4, 0.5) is 0 Å². The molecule has 17 heavy (non-hydrogen) atoms. The summed E-state index contributed by atoms with van der Waals surface area (Å²) in [7, 11) is 1.90. The van der Waals surface area contributed by atoms with Gasteiger partial charge in [0.1, 0.15) is 0 Å². The predicted octanol–water partition coefficient (Wildman–Crippen LogP) is 0.393. The van der Waals surface area contributed by atoms with Crippen molar-refractivity contribution in [2.45, 2.75) is 32.9 Å². The van der Waals surface area contributed by atoms with E-state index in [4.69, 9.17) is 0 Å². The second kappa shape index (κ2) is 4.94. The Balaban J connectivity index is 1.90. The van der Waals surface area contributed by atoms with Crippen molar-refractivity contribution in [3.63, 3.8) is 0 Å². The summed E-state index contributed by atoms with van der Waals surface area (Å²) in [6.45, 7) is 10.3. The van der Waals surface area contributed by atoms with Gasteiger partial charge in [-0.1, -0.05) is 0 Å². The summed E-state index contributed by atoms with van der Waals surface area (Å²) in [5, 5.41) is 3.45. The summed E-state index contributed by atoms with van der Waals surface area (Å²) in [5.74, 6) is 1.74. The molecule has 2 aliphatic heterocycles. The molecule has 0 bridgehead atoms. The third-order valence-corrected chi connectivity index (χ3v) is 4.56. The second-order valence-corrected chi connectivity index (χ2v) is 5.85. The third-order valence-electron chi connectivity index (χ3n) is 4.56. The highest BCUT2D eigenvalue weighted by molar-refractivity contribution is 5.78. The van der Waals surface area contributed by atoms with Crippen molar-refractivity contribution in [2.24, 2.45) is 11.8 Å². The number of hydrogen-bond donors (Lipinski definition) is 1. The first-order chi connectivity index (χ1) is 8.00. The van der Waals surface area contributed by atoms with Crippen LogP contribution in [-0.2, 0) is 4.79 Å². The summed E-state index contributed by atoms with van der Waals surface area (Å²) in [6.07, 6.45) is 0. The molecule has 0 saturated carbocycles. The van der Waals surface area contributed by atoms with E-state index in [0.717, 1.165) is 31.5 Å². The Kier molecular flexibility index (Phi) is 3.73. The minimum atomic E-state index is 0.250. The maximum absolute atomic E-state index is 12.1. The lowest BCUT2D eigenvalue weighted by Gasteiger charge is -2.28. The average molecular weight is 239 g/mol.